The molecule has 4 aliphatic heterocycles. The first-order valence-electron chi connectivity index (χ1n) is 23.2. The number of hydrogen-bond acceptors (Lipinski definition) is 12. The molecule has 2 aliphatic carbocycles. The van der Waals surface area contributed by atoms with Gasteiger partial charge < -0.3 is 39.1 Å². The van der Waals surface area contributed by atoms with Crippen LogP contribution in [0, 0.1) is 13.8 Å². The SMILES string of the molecule is CC[C@]12O[C@@H](n3cc(C)c(NC(=O)c4ccccc4)nc3=O)C(OC13CC3)[C@H]2O.CC[C@]12O[C@@H](n3cc(C)c(NC(=O)c4ccccc4)nc3=O)C(OC13CC3)[C@H]2O[Si](CC)(CC)CC. The van der Waals surface area contributed by atoms with Gasteiger partial charge in [-0.2, -0.15) is 9.97 Å². The van der Waals surface area contributed by atoms with Crippen LogP contribution < -0.4 is 22.0 Å². The van der Waals surface area contributed by atoms with Crippen LogP contribution in [-0.2, 0) is 23.4 Å². The number of benzene rings is 2. The predicted octanol–water partition coefficient (Wildman–Crippen LogP) is 6.58. The molecule has 4 saturated heterocycles. The predicted molar refractivity (Wildman–Crippen MR) is 243 cm³/mol. The van der Waals surface area contributed by atoms with Gasteiger partial charge in [0.25, 0.3) is 11.8 Å². The molecule has 2 saturated carbocycles. The summed E-state index contributed by atoms with van der Waals surface area (Å²) in [6.07, 6.45) is 4.99. The number of aliphatic hydroxyl groups excluding tert-OH is 1. The van der Waals surface area contributed by atoms with Crippen molar-refractivity contribution < 1.29 is 38.1 Å². The number of carbonyl (C=O) groups excluding carboxylic acids is 2. The highest BCUT2D eigenvalue weighted by Gasteiger charge is 2.79. The molecule has 6 heterocycles. The first kappa shape index (κ1) is 45.3. The van der Waals surface area contributed by atoms with Gasteiger partial charge in [-0.3, -0.25) is 18.7 Å². The van der Waals surface area contributed by atoms with Gasteiger partial charge in [0.15, 0.2) is 20.8 Å². The average Bonchev–Trinajstić information content (AvgIpc) is 4.20. The Hall–Kier alpha value is -4.88. The number of aromatic nitrogens is 4. The number of fused-ring (bicyclic) bond motifs is 6. The summed E-state index contributed by atoms with van der Waals surface area (Å²) in [4.78, 5) is 59.3. The van der Waals surface area contributed by atoms with Gasteiger partial charge in [0.05, 0.1) is 0 Å². The highest BCUT2D eigenvalue weighted by Crippen LogP contribution is 2.67. The fourth-order valence-corrected chi connectivity index (χ4v) is 13.8. The summed E-state index contributed by atoms with van der Waals surface area (Å²) in [6.45, 7) is 14.3. The van der Waals surface area contributed by atoms with Crippen LogP contribution in [0.1, 0.15) is 117 Å². The molecular formula is C48H60N6O10Si. The van der Waals surface area contributed by atoms with Crippen molar-refractivity contribution in [1.82, 2.24) is 19.1 Å². The Bertz CT molecular complexity index is 2570. The second-order valence-corrected chi connectivity index (χ2v) is 23.2. The lowest BCUT2D eigenvalue weighted by Gasteiger charge is -2.40. The number of carbonyl (C=O) groups is 2. The van der Waals surface area contributed by atoms with Crippen LogP contribution in [0.15, 0.2) is 82.6 Å². The zero-order valence-corrected chi connectivity index (χ0v) is 39.2. The summed E-state index contributed by atoms with van der Waals surface area (Å²) >= 11 is 0. The fraction of sp³-hybridized carbons (Fsp3) is 0.542. The van der Waals surface area contributed by atoms with Gasteiger partial charge >= 0.3 is 11.4 Å². The molecule has 16 nitrogen and oxygen atoms in total. The molecule has 4 bridgehead atoms. The zero-order valence-electron chi connectivity index (χ0n) is 38.2. The average molecular weight is 909 g/mol. The van der Waals surface area contributed by atoms with Crippen LogP contribution in [0.2, 0.25) is 18.1 Å². The normalized spacial score (nSPS) is 29.4. The molecule has 2 aromatic carbocycles. The van der Waals surface area contributed by atoms with Crippen molar-refractivity contribution in [3.05, 3.63) is 116 Å². The summed E-state index contributed by atoms with van der Waals surface area (Å²) < 4.78 is 35.8. The zero-order chi connectivity index (χ0) is 46.1. The topological polar surface area (TPSA) is 194 Å². The Kier molecular flexibility index (Phi) is 11.7. The molecule has 346 valence electrons. The molecule has 2 aromatic heterocycles. The van der Waals surface area contributed by atoms with E-state index in [4.69, 9.17) is 23.4 Å². The number of aryl methyl sites for hydroxylation is 2. The molecule has 2 unspecified atom stereocenters. The quantitative estimate of drug-likeness (QED) is 0.122. The maximum absolute atomic E-state index is 13.2. The number of anilines is 2. The number of ether oxygens (including phenoxy) is 4. The van der Waals surface area contributed by atoms with Crippen molar-refractivity contribution in [3.63, 3.8) is 0 Å². The summed E-state index contributed by atoms with van der Waals surface area (Å²) in [7, 11) is -1.95. The van der Waals surface area contributed by atoms with Gasteiger partial charge in [-0.05, 0) is 94.8 Å². The number of aliphatic hydroxyl groups is 1. The minimum Gasteiger partial charge on any atom is -0.408 e. The number of nitrogens with one attached hydrogen (secondary N) is 2. The number of rotatable bonds is 13. The van der Waals surface area contributed by atoms with E-state index in [-0.39, 0.29) is 41.3 Å². The van der Waals surface area contributed by atoms with Gasteiger partial charge in [0.2, 0.25) is 0 Å². The van der Waals surface area contributed by atoms with E-state index in [0.29, 0.717) is 28.7 Å². The van der Waals surface area contributed by atoms with Crippen LogP contribution in [-0.4, -0.2) is 91.2 Å². The lowest BCUT2D eigenvalue weighted by atomic mass is 9.88. The van der Waals surface area contributed by atoms with E-state index in [1.807, 2.05) is 26.0 Å². The second kappa shape index (κ2) is 16.8. The van der Waals surface area contributed by atoms with Crippen LogP contribution in [0.25, 0.3) is 0 Å². The smallest absolute Gasteiger partial charge is 0.351 e. The van der Waals surface area contributed by atoms with Crippen LogP contribution >= 0.6 is 0 Å². The highest BCUT2D eigenvalue weighted by molar-refractivity contribution is 6.73. The highest BCUT2D eigenvalue weighted by atomic mass is 28.4. The molecule has 17 heteroatoms. The number of nitrogens with zero attached hydrogens (tertiary/aromatic N) is 4. The number of amides is 2. The van der Waals surface area contributed by atoms with Gasteiger partial charge in [0, 0.05) is 34.6 Å². The van der Waals surface area contributed by atoms with Gasteiger partial charge in [-0.1, -0.05) is 71.0 Å². The van der Waals surface area contributed by atoms with E-state index in [1.54, 1.807) is 67.8 Å². The Morgan fingerprint density at radius 1 is 0.677 bits per heavy atom. The molecule has 8 atom stereocenters. The molecule has 6 fully saturated rings. The molecule has 65 heavy (non-hydrogen) atoms. The third kappa shape index (κ3) is 7.25. The largest absolute Gasteiger partial charge is 0.408 e. The Balaban J connectivity index is 0.000000168. The minimum absolute atomic E-state index is 0.202. The molecular weight excluding hydrogens is 849 g/mol. The van der Waals surface area contributed by atoms with Crippen molar-refractivity contribution in [2.24, 2.45) is 0 Å². The van der Waals surface area contributed by atoms with Crippen molar-refractivity contribution in [2.45, 2.75) is 164 Å². The molecule has 10 rings (SSSR count). The summed E-state index contributed by atoms with van der Waals surface area (Å²) in [5.74, 6) is -0.195. The van der Waals surface area contributed by atoms with E-state index < -0.39 is 61.2 Å². The van der Waals surface area contributed by atoms with E-state index in [1.165, 1.54) is 9.13 Å². The van der Waals surface area contributed by atoms with E-state index >= 15 is 0 Å². The number of hydrogen-bond donors (Lipinski definition) is 3. The summed E-state index contributed by atoms with van der Waals surface area (Å²) in [5.41, 5.74) is -0.850. The van der Waals surface area contributed by atoms with Crippen molar-refractivity contribution >= 4 is 31.8 Å². The van der Waals surface area contributed by atoms with Crippen molar-refractivity contribution in [2.75, 3.05) is 10.6 Å². The van der Waals surface area contributed by atoms with Gasteiger partial charge in [-0.15, -0.1) is 0 Å². The lowest BCUT2D eigenvalue weighted by Crippen LogP contribution is -2.53. The molecule has 3 N–H and O–H groups in total. The van der Waals surface area contributed by atoms with E-state index in [0.717, 1.165) is 50.2 Å². The monoisotopic (exact) mass is 908 g/mol. The Morgan fingerprint density at radius 3 is 1.52 bits per heavy atom. The first-order chi connectivity index (χ1) is 31.2. The molecule has 0 radical (unpaired) electrons. The summed E-state index contributed by atoms with van der Waals surface area (Å²) in [5, 5.41) is 16.3. The Labute approximate surface area is 379 Å². The molecule has 6 aliphatic rings. The fourth-order valence-electron chi connectivity index (χ4n) is 10.9. The maximum Gasteiger partial charge on any atom is 0.351 e. The van der Waals surface area contributed by atoms with Crippen molar-refractivity contribution in [1.29, 1.82) is 0 Å². The molecule has 2 spiro atoms. The van der Waals surface area contributed by atoms with Gasteiger partial charge in [-0.25, -0.2) is 9.59 Å². The standard InChI is InChI=1S/C27H37N3O5Si.C21H23N3O5/c1-6-27-21(35-36(7-2,8-3)9-4)20(33-26(27)15-16-26)24(34-27)30-17-18(5)22(29-25(30)32)28-23(31)19-13-11-10-12-14-19;1-3-21-15(25)14(28-20(21)9-10-20)18(29-21)24-11-12(2)16(23-19(24)27)22-17(26)13-7-5-4-6-8-13/h10-14,17,20-21,24H,6-9,15-16H2,1-5H3,(H,28,29,31,32);4-8,11,14-15,18,25H,3,9-10H2,1-2H3,(H,22,23,26,27)/t20?,21-,24-,27-;14?,15-,18-,21-/m11/s1. The van der Waals surface area contributed by atoms with Crippen LogP contribution in [0.5, 0.6) is 0 Å². The van der Waals surface area contributed by atoms with E-state index in [2.05, 4.69) is 48.3 Å². The van der Waals surface area contributed by atoms with Gasteiger partial charge in [0.1, 0.15) is 58.5 Å². The minimum atomic E-state index is -1.95. The molecule has 4 aromatic rings. The first-order valence-corrected chi connectivity index (χ1v) is 25.7. The summed E-state index contributed by atoms with van der Waals surface area (Å²) in [6, 6.07) is 20.7. The van der Waals surface area contributed by atoms with Crippen LogP contribution in [0.3, 0.4) is 0 Å². The Morgan fingerprint density at radius 2 is 1.09 bits per heavy atom. The van der Waals surface area contributed by atoms with Crippen molar-refractivity contribution in [3.8, 4) is 0 Å². The van der Waals surface area contributed by atoms with Crippen LogP contribution in [0.4, 0.5) is 11.6 Å². The van der Waals surface area contributed by atoms with E-state index in [9.17, 15) is 24.3 Å². The maximum atomic E-state index is 13.2. The second-order valence-electron chi connectivity index (χ2n) is 18.4. The third-order valence-corrected chi connectivity index (χ3v) is 19.8. The lowest BCUT2D eigenvalue weighted by molar-refractivity contribution is -0.226. The third-order valence-electron chi connectivity index (χ3n) is 15.2. The molecule has 2 amide bonds.